The van der Waals surface area contributed by atoms with E-state index in [0.29, 0.717) is 42.0 Å². The zero-order valence-corrected chi connectivity index (χ0v) is 15.0. The number of aromatic nitrogens is 1. The van der Waals surface area contributed by atoms with Crippen LogP contribution in [-0.2, 0) is 11.4 Å². The first-order valence-electron chi connectivity index (χ1n) is 9.52. The van der Waals surface area contributed by atoms with E-state index in [1.165, 1.54) is 25.5 Å². The Morgan fingerprint density at radius 1 is 1.33 bits per heavy atom. The summed E-state index contributed by atoms with van der Waals surface area (Å²) >= 11 is 0. The maximum absolute atomic E-state index is 14.9. The third-order valence-electron chi connectivity index (χ3n) is 6.62. The molecule has 27 heavy (non-hydrogen) atoms. The Morgan fingerprint density at radius 2 is 2.11 bits per heavy atom. The highest BCUT2D eigenvalue weighted by molar-refractivity contribution is 5.93. The molecule has 1 saturated heterocycles. The van der Waals surface area contributed by atoms with Crippen LogP contribution in [0.25, 0.3) is 10.9 Å². The van der Waals surface area contributed by atoms with Gasteiger partial charge in [-0.3, -0.25) is 14.7 Å². The van der Waals surface area contributed by atoms with E-state index in [0.717, 1.165) is 6.07 Å². The monoisotopic (exact) mass is 372 g/mol. The third-order valence-corrected chi connectivity index (χ3v) is 6.62. The van der Waals surface area contributed by atoms with E-state index in [2.05, 4.69) is 0 Å². The minimum Gasteiger partial charge on any atom is -0.477 e. The molecule has 7 heteroatoms. The summed E-state index contributed by atoms with van der Waals surface area (Å²) < 4.78 is 16.6. The molecule has 3 fully saturated rings. The van der Waals surface area contributed by atoms with Gasteiger partial charge in [-0.1, -0.05) is 0 Å². The van der Waals surface area contributed by atoms with Gasteiger partial charge < -0.3 is 9.67 Å². The van der Waals surface area contributed by atoms with Crippen LogP contribution in [0.2, 0.25) is 0 Å². The molecule has 2 aliphatic carbocycles. The number of rotatable bonds is 3. The topological polar surface area (TPSA) is 71.8 Å². The van der Waals surface area contributed by atoms with Gasteiger partial charge in [-0.2, -0.15) is 0 Å². The lowest BCUT2D eigenvalue weighted by Crippen LogP contribution is -2.24. The van der Waals surface area contributed by atoms with Gasteiger partial charge >= 0.3 is 5.97 Å². The summed E-state index contributed by atoms with van der Waals surface area (Å²) in [5, 5.41) is 11.0. The molecule has 2 bridgehead atoms. The molecule has 1 aromatic heterocycles. The van der Waals surface area contributed by atoms with Crippen molar-refractivity contribution in [1.29, 1.82) is 0 Å². The standard InChI is InChI=1S/C20H21FN2O4/c1-2-22-8-14(20(25)26)18(24)12-6-15(21)17(7-16(12)22)23-9-13-10-3-4-11(5-10)19(13)27-23/h6-8,10-11,13,19H,2-5,9H2,1H3,(H,25,26)/t10-,11+,13+,19-/m1/s1. The molecule has 1 N–H and O–H groups in total. The lowest BCUT2D eigenvalue weighted by atomic mass is 9.87. The van der Waals surface area contributed by atoms with E-state index in [4.69, 9.17) is 4.84 Å². The molecule has 142 valence electrons. The highest BCUT2D eigenvalue weighted by Crippen LogP contribution is 2.53. The van der Waals surface area contributed by atoms with Crippen molar-refractivity contribution >= 4 is 22.6 Å². The zero-order chi connectivity index (χ0) is 18.9. The Balaban J connectivity index is 1.60. The van der Waals surface area contributed by atoms with E-state index < -0.39 is 17.2 Å². The Morgan fingerprint density at radius 3 is 2.81 bits per heavy atom. The first-order valence-corrected chi connectivity index (χ1v) is 9.52. The van der Waals surface area contributed by atoms with Crippen molar-refractivity contribution in [2.24, 2.45) is 17.8 Å². The lowest BCUT2D eigenvalue weighted by molar-refractivity contribution is 0.0356. The fourth-order valence-corrected chi connectivity index (χ4v) is 5.32. The van der Waals surface area contributed by atoms with Crippen molar-refractivity contribution in [2.45, 2.75) is 38.8 Å². The molecule has 0 unspecified atom stereocenters. The molecular formula is C20H21FN2O4. The van der Waals surface area contributed by atoms with Crippen molar-refractivity contribution in [2.75, 3.05) is 11.6 Å². The molecule has 6 nitrogen and oxygen atoms in total. The number of hydrogen-bond acceptors (Lipinski definition) is 4. The predicted octanol–water partition coefficient (Wildman–Crippen LogP) is 3.03. The minimum atomic E-state index is -1.31. The van der Waals surface area contributed by atoms with Gasteiger partial charge in [0.15, 0.2) is 0 Å². The molecule has 5 rings (SSSR count). The van der Waals surface area contributed by atoms with Crippen LogP contribution in [0.15, 0.2) is 23.1 Å². The second-order valence-corrected chi connectivity index (χ2v) is 7.91. The number of anilines is 1. The van der Waals surface area contributed by atoms with E-state index in [9.17, 15) is 19.1 Å². The van der Waals surface area contributed by atoms with Gasteiger partial charge in [-0.05, 0) is 50.2 Å². The maximum Gasteiger partial charge on any atom is 0.341 e. The highest BCUT2D eigenvalue weighted by Gasteiger charge is 2.53. The number of carboxylic acid groups (broad SMARTS) is 1. The normalized spacial score (nSPS) is 28.9. The SMILES string of the molecule is CCn1cc(C(=O)O)c(=O)c2cc(F)c(N3C[C@H]4[C@@H]5CC[C@@H](C5)[C@H]4O3)cc21. The van der Waals surface area contributed by atoms with Crippen LogP contribution >= 0.6 is 0 Å². The summed E-state index contributed by atoms with van der Waals surface area (Å²) in [5.41, 5.74) is -0.168. The van der Waals surface area contributed by atoms with Gasteiger partial charge in [0.1, 0.15) is 17.1 Å². The van der Waals surface area contributed by atoms with Crippen LogP contribution in [0, 0.1) is 23.6 Å². The Kier molecular flexibility index (Phi) is 3.59. The average Bonchev–Trinajstić information content (AvgIpc) is 3.35. The molecule has 4 atom stereocenters. The number of aryl methyl sites for hydroxylation is 1. The molecule has 0 spiro atoms. The van der Waals surface area contributed by atoms with Crippen molar-refractivity contribution in [1.82, 2.24) is 4.57 Å². The van der Waals surface area contributed by atoms with E-state index >= 15 is 0 Å². The summed E-state index contributed by atoms with van der Waals surface area (Å²) in [5.74, 6) is -0.181. The second kappa shape index (κ2) is 5.79. The van der Waals surface area contributed by atoms with Crippen LogP contribution < -0.4 is 10.5 Å². The smallest absolute Gasteiger partial charge is 0.341 e. The fourth-order valence-electron chi connectivity index (χ4n) is 5.32. The van der Waals surface area contributed by atoms with Crippen molar-refractivity contribution in [3.05, 3.63) is 39.9 Å². The molecule has 0 amide bonds. The van der Waals surface area contributed by atoms with Gasteiger partial charge in [0.05, 0.1) is 18.2 Å². The van der Waals surface area contributed by atoms with Gasteiger partial charge in [-0.15, -0.1) is 0 Å². The Hall–Kier alpha value is -2.41. The number of hydrogen-bond donors (Lipinski definition) is 1. The average molecular weight is 372 g/mol. The Labute approximate surface area is 155 Å². The summed E-state index contributed by atoms with van der Waals surface area (Å²) in [4.78, 5) is 29.9. The van der Waals surface area contributed by atoms with Crippen molar-refractivity contribution in [3.63, 3.8) is 0 Å². The number of aromatic carboxylic acids is 1. The zero-order valence-electron chi connectivity index (χ0n) is 15.0. The first kappa shape index (κ1) is 16.7. The van der Waals surface area contributed by atoms with Crippen LogP contribution in [0.3, 0.4) is 0 Å². The summed E-state index contributed by atoms with van der Waals surface area (Å²) in [6.07, 6.45) is 5.14. The molecule has 1 aliphatic heterocycles. The molecule has 1 aromatic carbocycles. The summed E-state index contributed by atoms with van der Waals surface area (Å²) in [6.45, 7) is 2.99. The van der Waals surface area contributed by atoms with Crippen molar-refractivity contribution in [3.8, 4) is 0 Å². The predicted molar refractivity (Wildman–Crippen MR) is 97.3 cm³/mol. The number of carbonyl (C=O) groups is 1. The lowest BCUT2D eigenvalue weighted by Gasteiger charge is -2.22. The number of hydroxylamine groups is 1. The molecule has 2 saturated carbocycles. The number of fused-ring (bicyclic) bond motifs is 6. The second-order valence-electron chi connectivity index (χ2n) is 7.91. The van der Waals surface area contributed by atoms with Crippen LogP contribution in [0.1, 0.15) is 36.5 Å². The quantitative estimate of drug-likeness (QED) is 0.897. The van der Waals surface area contributed by atoms with Crippen LogP contribution in [0.5, 0.6) is 0 Å². The molecule has 2 aromatic rings. The van der Waals surface area contributed by atoms with Gasteiger partial charge in [0.25, 0.3) is 0 Å². The van der Waals surface area contributed by atoms with Crippen molar-refractivity contribution < 1.29 is 19.1 Å². The number of carboxylic acids is 1. The van der Waals surface area contributed by atoms with Gasteiger partial charge in [-0.25, -0.2) is 9.18 Å². The first-order chi connectivity index (χ1) is 13.0. The van der Waals surface area contributed by atoms with Gasteiger partial charge in [0.2, 0.25) is 5.43 Å². The molecular weight excluding hydrogens is 351 g/mol. The highest BCUT2D eigenvalue weighted by atomic mass is 19.1. The fraction of sp³-hybridized carbons (Fsp3) is 0.500. The number of benzene rings is 1. The van der Waals surface area contributed by atoms with E-state index in [1.807, 2.05) is 6.92 Å². The third kappa shape index (κ3) is 2.34. The van der Waals surface area contributed by atoms with Gasteiger partial charge in [0, 0.05) is 24.0 Å². The summed E-state index contributed by atoms with van der Waals surface area (Å²) in [7, 11) is 0. The largest absolute Gasteiger partial charge is 0.477 e. The van der Waals surface area contributed by atoms with Crippen LogP contribution in [-0.4, -0.2) is 28.3 Å². The summed E-state index contributed by atoms with van der Waals surface area (Å²) in [6, 6.07) is 2.77. The molecule has 0 radical (unpaired) electrons. The Bertz CT molecular complexity index is 999. The molecule has 2 heterocycles. The number of pyridine rings is 1. The molecule has 3 aliphatic rings. The maximum atomic E-state index is 14.9. The number of nitrogens with zero attached hydrogens (tertiary/aromatic N) is 2. The van der Waals surface area contributed by atoms with Crippen LogP contribution in [0.4, 0.5) is 10.1 Å². The van der Waals surface area contributed by atoms with E-state index in [1.54, 1.807) is 15.7 Å². The minimum absolute atomic E-state index is 0.0810. The number of halogens is 1. The van der Waals surface area contributed by atoms with E-state index in [-0.39, 0.29) is 17.1 Å².